The van der Waals surface area contributed by atoms with Crippen LogP contribution in [0, 0.1) is 0 Å². The third kappa shape index (κ3) is 1.05. The number of nitrogens with zero attached hydrogens (tertiary/aromatic N) is 2. The third-order valence-electron chi connectivity index (χ3n) is 1.81. The van der Waals surface area contributed by atoms with Crippen molar-refractivity contribution >= 4 is 6.29 Å². The van der Waals surface area contributed by atoms with E-state index in [0.717, 1.165) is 31.7 Å². The summed E-state index contributed by atoms with van der Waals surface area (Å²) in [7, 11) is 0. The standard InChI is InChI=1S/C7H9N3O/c11-4-6-3-10-5-8-2-1-7(10)9-6/h3-4,8H,1-2,5H2. The number of nitrogens with one attached hydrogen (secondary N) is 1. The Bertz CT molecular complexity index is 256. The van der Waals surface area contributed by atoms with E-state index in [2.05, 4.69) is 10.3 Å². The predicted octanol–water partition coefficient (Wildman–Crippen LogP) is -0.201. The van der Waals surface area contributed by atoms with Gasteiger partial charge in [0.15, 0.2) is 6.29 Å². The van der Waals surface area contributed by atoms with Gasteiger partial charge in [-0.05, 0) is 0 Å². The fourth-order valence-electron chi connectivity index (χ4n) is 1.27. The van der Waals surface area contributed by atoms with Crippen molar-refractivity contribution in [2.45, 2.75) is 13.1 Å². The van der Waals surface area contributed by atoms with Crippen LogP contribution in [0.15, 0.2) is 6.20 Å². The molecular formula is C7H9N3O. The highest BCUT2D eigenvalue weighted by atomic mass is 16.1. The lowest BCUT2D eigenvalue weighted by atomic mass is 10.3. The number of carbonyl (C=O) groups excluding carboxylic acids is 1. The number of imidazole rings is 1. The quantitative estimate of drug-likeness (QED) is 0.565. The molecule has 1 aliphatic heterocycles. The summed E-state index contributed by atoms with van der Waals surface area (Å²) in [6.07, 6.45) is 3.47. The van der Waals surface area contributed by atoms with Crippen LogP contribution < -0.4 is 5.32 Å². The van der Waals surface area contributed by atoms with Gasteiger partial charge in [-0.1, -0.05) is 0 Å². The second kappa shape index (κ2) is 2.47. The van der Waals surface area contributed by atoms with Crippen molar-refractivity contribution in [3.63, 3.8) is 0 Å². The van der Waals surface area contributed by atoms with Gasteiger partial charge in [0.05, 0.1) is 6.67 Å². The highest BCUT2D eigenvalue weighted by Crippen LogP contribution is 2.04. The van der Waals surface area contributed by atoms with Crippen LogP contribution in [0.2, 0.25) is 0 Å². The Hall–Kier alpha value is -1.16. The Morgan fingerprint density at radius 2 is 2.64 bits per heavy atom. The van der Waals surface area contributed by atoms with E-state index in [1.165, 1.54) is 0 Å². The van der Waals surface area contributed by atoms with Crippen LogP contribution >= 0.6 is 0 Å². The van der Waals surface area contributed by atoms with Gasteiger partial charge in [0.2, 0.25) is 0 Å². The molecule has 58 valence electrons. The molecule has 4 nitrogen and oxygen atoms in total. The lowest BCUT2D eigenvalue weighted by Crippen LogP contribution is -2.28. The van der Waals surface area contributed by atoms with Gasteiger partial charge in [-0.25, -0.2) is 4.98 Å². The average Bonchev–Trinajstić information content (AvgIpc) is 2.46. The SMILES string of the molecule is O=Cc1cn2c(n1)CCNC2. The van der Waals surface area contributed by atoms with E-state index >= 15 is 0 Å². The van der Waals surface area contributed by atoms with Gasteiger partial charge < -0.3 is 4.57 Å². The van der Waals surface area contributed by atoms with Crippen molar-refractivity contribution in [3.05, 3.63) is 17.7 Å². The van der Waals surface area contributed by atoms with Gasteiger partial charge in [-0.2, -0.15) is 0 Å². The molecular weight excluding hydrogens is 142 g/mol. The number of aldehydes is 1. The second-order valence-corrected chi connectivity index (χ2v) is 2.58. The molecule has 1 aromatic heterocycles. The highest BCUT2D eigenvalue weighted by Gasteiger charge is 2.10. The topological polar surface area (TPSA) is 46.9 Å². The van der Waals surface area contributed by atoms with Gasteiger partial charge in [-0.15, -0.1) is 0 Å². The first-order chi connectivity index (χ1) is 5.40. The Balaban J connectivity index is 2.39. The van der Waals surface area contributed by atoms with Crippen molar-refractivity contribution in [2.75, 3.05) is 6.54 Å². The van der Waals surface area contributed by atoms with Crippen molar-refractivity contribution in [1.82, 2.24) is 14.9 Å². The minimum atomic E-state index is 0.531. The Labute approximate surface area is 64.2 Å². The molecule has 4 heteroatoms. The maximum Gasteiger partial charge on any atom is 0.170 e. The predicted molar refractivity (Wildman–Crippen MR) is 39.3 cm³/mol. The molecule has 1 aromatic rings. The molecule has 1 aliphatic rings. The first-order valence-corrected chi connectivity index (χ1v) is 3.62. The molecule has 0 unspecified atom stereocenters. The average molecular weight is 151 g/mol. The van der Waals surface area contributed by atoms with Gasteiger partial charge in [-0.3, -0.25) is 10.1 Å². The zero-order chi connectivity index (χ0) is 7.68. The van der Waals surface area contributed by atoms with E-state index < -0.39 is 0 Å². The molecule has 1 N–H and O–H groups in total. The summed E-state index contributed by atoms with van der Waals surface area (Å²) in [5.41, 5.74) is 0.531. The van der Waals surface area contributed by atoms with Gasteiger partial charge in [0.1, 0.15) is 11.5 Å². The lowest BCUT2D eigenvalue weighted by Gasteiger charge is -2.13. The molecule has 2 heterocycles. The fourth-order valence-corrected chi connectivity index (χ4v) is 1.27. The normalized spacial score (nSPS) is 16.0. The van der Waals surface area contributed by atoms with Crippen LogP contribution in [0.4, 0.5) is 0 Å². The Kier molecular flexibility index (Phi) is 1.47. The first-order valence-electron chi connectivity index (χ1n) is 3.62. The molecule has 0 aromatic carbocycles. The first kappa shape index (κ1) is 6.54. The summed E-state index contributed by atoms with van der Waals surface area (Å²) in [5.74, 6) is 1.01. The van der Waals surface area contributed by atoms with E-state index in [9.17, 15) is 4.79 Å². The zero-order valence-corrected chi connectivity index (χ0v) is 6.08. The van der Waals surface area contributed by atoms with Crippen molar-refractivity contribution in [2.24, 2.45) is 0 Å². The molecule has 0 amide bonds. The maximum atomic E-state index is 10.3. The van der Waals surface area contributed by atoms with Crippen LogP contribution in [0.5, 0.6) is 0 Å². The summed E-state index contributed by atoms with van der Waals surface area (Å²) >= 11 is 0. The summed E-state index contributed by atoms with van der Waals surface area (Å²) in [6.45, 7) is 1.73. The number of aromatic nitrogens is 2. The third-order valence-corrected chi connectivity index (χ3v) is 1.81. The summed E-state index contributed by atoms with van der Waals surface area (Å²) in [6, 6.07) is 0. The van der Waals surface area contributed by atoms with Crippen molar-refractivity contribution in [1.29, 1.82) is 0 Å². The van der Waals surface area contributed by atoms with Crippen molar-refractivity contribution < 1.29 is 4.79 Å². The van der Waals surface area contributed by atoms with E-state index in [4.69, 9.17) is 0 Å². The van der Waals surface area contributed by atoms with Crippen LogP contribution in [-0.2, 0) is 13.1 Å². The Morgan fingerprint density at radius 1 is 1.73 bits per heavy atom. The van der Waals surface area contributed by atoms with Crippen LogP contribution in [0.3, 0.4) is 0 Å². The van der Waals surface area contributed by atoms with Crippen LogP contribution in [-0.4, -0.2) is 22.4 Å². The minimum absolute atomic E-state index is 0.531. The lowest BCUT2D eigenvalue weighted by molar-refractivity contribution is 0.111. The molecule has 11 heavy (non-hydrogen) atoms. The molecule has 0 fully saturated rings. The van der Waals surface area contributed by atoms with E-state index in [1.54, 1.807) is 6.20 Å². The van der Waals surface area contributed by atoms with Crippen LogP contribution in [0.25, 0.3) is 0 Å². The molecule has 0 aliphatic carbocycles. The van der Waals surface area contributed by atoms with Crippen LogP contribution in [0.1, 0.15) is 16.3 Å². The Morgan fingerprint density at radius 3 is 3.36 bits per heavy atom. The zero-order valence-electron chi connectivity index (χ0n) is 6.08. The van der Waals surface area contributed by atoms with Gasteiger partial charge >= 0.3 is 0 Å². The molecule has 0 radical (unpaired) electrons. The van der Waals surface area contributed by atoms with Gasteiger partial charge in [0.25, 0.3) is 0 Å². The number of fused-ring (bicyclic) bond motifs is 1. The van der Waals surface area contributed by atoms with Crippen molar-refractivity contribution in [3.8, 4) is 0 Å². The molecule has 2 rings (SSSR count). The molecule has 0 saturated heterocycles. The maximum absolute atomic E-state index is 10.3. The van der Waals surface area contributed by atoms with E-state index in [1.807, 2.05) is 4.57 Å². The second-order valence-electron chi connectivity index (χ2n) is 2.58. The summed E-state index contributed by atoms with van der Waals surface area (Å²) in [5, 5.41) is 3.19. The number of hydrogen-bond donors (Lipinski definition) is 1. The minimum Gasteiger partial charge on any atom is -0.321 e. The molecule has 0 spiro atoms. The molecule has 0 saturated carbocycles. The molecule has 0 atom stereocenters. The summed E-state index contributed by atoms with van der Waals surface area (Å²) in [4.78, 5) is 14.5. The van der Waals surface area contributed by atoms with Gasteiger partial charge in [0, 0.05) is 19.2 Å². The number of carbonyl (C=O) groups is 1. The largest absolute Gasteiger partial charge is 0.321 e. The van der Waals surface area contributed by atoms with E-state index in [0.29, 0.717) is 5.69 Å². The number of rotatable bonds is 1. The molecule has 0 bridgehead atoms. The number of hydrogen-bond acceptors (Lipinski definition) is 3. The van der Waals surface area contributed by atoms with E-state index in [-0.39, 0.29) is 0 Å². The fraction of sp³-hybridized carbons (Fsp3) is 0.429. The monoisotopic (exact) mass is 151 g/mol. The smallest absolute Gasteiger partial charge is 0.170 e. The summed E-state index contributed by atoms with van der Waals surface area (Å²) < 4.78 is 1.97. The highest BCUT2D eigenvalue weighted by molar-refractivity contribution is 5.71.